The van der Waals surface area contributed by atoms with E-state index in [2.05, 4.69) is 10.4 Å². The summed E-state index contributed by atoms with van der Waals surface area (Å²) in [5.74, 6) is -0.295. The average Bonchev–Trinajstić information content (AvgIpc) is 2.86. The molecule has 2 aromatic rings. The highest BCUT2D eigenvalue weighted by Gasteiger charge is 2.07. The van der Waals surface area contributed by atoms with Crippen LogP contribution in [0.1, 0.15) is 11.3 Å². The van der Waals surface area contributed by atoms with Crippen molar-refractivity contribution in [2.75, 3.05) is 20.3 Å². The summed E-state index contributed by atoms with van der Waals surface area (Å²) < 4.78 is 20.0. The number of benzene rings is 1. The summed E-state index contributed by atoms with van der Waals surface area (Å²) in [6.45, 7) is 2.55. The molecule has 1 aromatic heterocycles. The largest absolute Gasteiger partial charge is 0.383 e. The van der Waals surface area contributed by atoms with E-state index in [0.29, 0.717) is 30.3 Å². The second-order valence-corrected chi connectivity index (χ2v) is 4.79. The van der Waals surface area contributed by atoms with Crippen LogP contribution < -0.4 is 5.32 Å². The fraction of sp³-hybridized carbons (Fsp3) is 0.357. The molecule has 0 fully saturated rings. The van der Waals surface area contributed by atoms with Gasteiger partial charge in [-0.05, 0) is 29.8 Å². The van der Waals surface area contributed by atoms with E-state index in [1.165, 1.54) is 12.1 Å². The normalized spacial score (nSPS) is 10.9. The standard InChI is InChI=1S/C14H17ClFN3O/c1-20-7-6-17-9-13-4-5-18-19(13)10-11-8-12(16)2-3-14(11)15/h2-5,8,17H,6-7,9-10H2,1H3. The molecule has 6 heteroatoms. The van der Waals surface area contributed by atoms with Gasteiger partial charge in [-0.1, -0.05) is 11.6 Å². The Labute approximate surface area is 122 Å². The number of halogens is 2. The highest BCUT2D eigenvalue weighted by molar-refractivity contribution is 6.31. The molecule has 0 radical (unpaired) electrons. The Morgan fingerprint density at radius 2 is 2.25 bits per heavy atom. The Morgan fingerprint density at radius 3 is 3.05 bits per heavy atom. The first-order valence-electron chi connectivity index (χ1n) is 6.35. The number of nitrogens with one attached hydrogen (secondary N) is 1. The van der Waals surface area contributed by atoms with Crippen LogP contribution in [0.4, 0.5) is 4.39 Å². The second kappa shape index (κ2) is 7.38. The van der Waals surface area contributed by atoms with E-state index >= 15 is 0 Å². The lowest BCUT2D eigenvalue weighted by Gasteiger charge is -2.10. The van der Waals surface area contributed by atoms with Crippen molar-refractivity contribution in [3.05, 3.63) is 52.6 Å². The van der Waals surface area contributed by atoms with Gasteiger partial charge in [0.05, 0.1) is 18.8 Å². The highest BCUT2D eigenvalue weighted by atomic mass is 35.5. The molecule has 0 aliphatic rings. The maximum Gasteiger partial charge on any atom is 0.123 e. The van der Waals surface area contributed by atoms with E-state index in [4.69, 9.17) is 16.3 Å². The van der Waals surface area contributed by atoms with E-state index in [0.717, 1.165) is 12.2 Å². The highest BCUT2D eigenvalue weighted by Crippen LogP contribution is 2.18. The molecular weight excluding hydrogens is 281 g/mol. The Bertz CT molecular complexity index is 559. The molecule has 1 aromatic carbocycles. The van der Waals surface area contributed by atoms with Crippen molar-refractivity contribution >= 4 is 11.6 Å². The van der Waals surface area contributed by atoms with E-state index in [-0.39, 0.29) is 5.82 Å². The van der Waals surface area contributed by atoms with Crippen LogP contribution in [-0.2, 0) is 17.8 Å². The quantitative estimate of drug-likeness (QED) is 0.798. The molecule has 0 spiro atoms. The first-order chi connectivity index (χ1) is 9.70. The Hall–Kier alpha value is -1.43. The van der Waals surface area contributed by atoms with Crippen molar-refractivity contribution in [1.29, 1.82) is 0 Å². The minimum Gasteiger partial charge on any atom is -0.383 e. The van der Waals surface area contributed by atoms with Crippen LogP contribution in [0.15, 0.2) is 30.5 Å². The lowest BCUT2D eigenvalue weighted by Crippen LogP contribution is -2.21. The first kappa shape index (κ1) is 15.0. The number of ether oxygens (including phenoxy) is 1. The van der Waals surface area contributed by atoms with Gasteiger partial charge in [0.1, 0.15) is 5.82 Å². The van der Waals surface area contributed by atoms with Crippen molar-refractivity contribution in [3.8, 4) is 0 Å². The molecule has 4 nitrogen and oxygen atoms in total. The third kappa shape index (κ3) is 4.03. The fourth-order valence-corrected chi connectivity index (χ4v) is 2.05. The summed E-state index contributed by atoms with van der Waals surface area (Å²) >= 11 is 6.07. The molecule has 0 aliphatic heterocycles. The molecular formula is C14H17ClFN3O. The van der Waals surface area contributed by atoms with Crippen LogP contribution in [0.25, 0.3) is 0 Å². The number of aromatic nitrogens is 2. The van der Waals surface area contributed by atoms with Gasteiger partial charge in [-0.2, -0.15) is 5.10 Å². The molecule has 0 bridgehead atoms. The first-order valence-corrected chi connectivity index (χ1v) is 6.73. The molecule has 0 saturated carbocycles. The van der Waals surface area contributed by atoms with Crippen LogP contribution in [0.2, 0.25) is 5.02 Å². The maximum atomic E-state index is 13.2. The number of hydrogen-bond donors (Lipinski definition) is 1. The van der Waals surface area contributed by atoms with Crippen LogP contribution in [0.5, 0.6) is 0 Å². The van der Waals surface area contributed by atoms with Crippen LogP contribution in [0, 0.1) is 5.82 Å². The van der Waals surface area contributed by atoms with Gasteiger partial charge in [-0.25, -0.2) is 4.39 Å². The summed E-state index contributed by atoms with van der Waals surface area (Å²) in [5, 5.41) is 8.04. The van der Waals surface area contributed by atoms with Crippen molar-refractivity contribution in [1.82, 2.24) is 15.1 Å². The zero-order valence-electron chi connectivity index (χ0n) is 11.3. The summed E-state index contributed by atoms with van der Waals surface area (Å²) in [5.41, 5.74) is 1.73. The van der Waals surface area contributed by atoms with Crippen LogP contribution in [-0.4, -0.2) is 30.0 Å². The molecule has 20 heavy (non-hydrogen) atoms. The molecule has 1 N–H and O–H groups in total. The minimum atomic E-state index is -0.295. The van der Waals surface area contributed by atoms with Crippen molar-refractivity contribution < 1.29 is 9.13 Å². The molecule has 0 saturated heterocycles. The lowest BCUT2D eigenvalue weighted by molar-refractivity contribution is 0.199. The van der Waals surface area contributed by atoms with Crippen molar-refractivity contribution in [3.63, 3.8) is 0 Å². The number of methoxy groups -OCH3 is 1. The minimum absolute atomic E-state index is 0.295. The van der Waals surface area contributed by atoms with E-state index in [1.54, 1.807) is 24.1 Å². The van der Waals surface area contributed by atoms with Gasteiger partial charge in [0, 0.05) is 31.4 Å². The number of hydrogen-bond acceptors (Lipinski definition) is 3. The molecule has 0 unspecified atom stereocenters. The molecule has 0 atom stereocenters. The van der Waals surface area contributed by atoms with Gasteiger partial charge in [0.25, 0.3) is 0 Å². The van der Waals surface area contributed by atoms with E-state index < -0.39 is 0 Å². The van der Waals surface area contributed by atoms with Crippen LogP contribution in [0.3, 0.4) is 0 Å². The third-order valence-electron chi connectivity index (χ3n) is 2.92. The number of nitrogens with zero attached hydrogens (tertiary/aromatic N) is 2. The fourth-order valence-electron chi connectivity index (χ4n) is 1.87. The zero-order chi connectivity index (χ0) is 14.4. The van der Waals surface area contributed by atoms with Gasteiger partial charge in [0.2, 0.25) is 0 Å². The van der Waals surface area contributed by atoms with Gasteiger partial charge < -0.3 is 10.1 Å². The van der Waals surface area contributed by atoms with E-state index in [9.17, 15) is 4.39 Å². The molecule has 0 aliphatic carbocycles. The van der Waals surface area contributed by atoms with Gasteiger partial charge in [0.15, 0.2) is 0 Å². The smallest absolute Gasteiger partial charge is 0.123 e. The zero-order valence-corrected chi connectivity index (χ0v) is 12.0. The van der Waals surface area contributed by atoms with Crippen molar-refractivity contribution in [2.45, 2.75) is 13.1 Å². The third-order valence-corrected chi connectivity index (χ3v) is 3.29. The lowest BCUT2D eigenvalue weighted by atomic mass is 10.2. The van der Waals surface area contributed by atoms with Crippen LogP contribution >= 0.6 is 11.6 Å². The predicted molar refractivity (Wildman–Crippen MR) is 76.3 cm³/mol. The Balaban J connectivity index is 2.02. The summed E-state index contributed by atoms with van der Waals surface area (Å²) in [6.07, 6.45) is 1.72. The Kier molecular flexibility index (Phi) is 5.52. The summed E-state index contributed by atoms with van der Waals surface area (Å²) in [4.78, 5) is 0. The van der Waals surface area contributed by atoms with Gasteiger partial charge in [-0.15, -0.1) is 0 Å². The molecule has 0 amide bonds. The van der Waals surface area contributed by atoms with Gasteiger partial charge in [-0.3, -0.25) is 4.68 Å². The summed E-state index contributed by atoms with van der Waals surface area (Å²) in [6, 6.07) is 6.27. The monoisotopic (exact) mass is 297 g/mol. The van der Waals surface area contributed by atoms with Crippen molar-refractivity contribution in [2.24, 2.45) is 0 Å². The second-order valence-electron chi connectivity index (χ2n) is 4.39. The number of rotatable bonds is 7. The Morgan fingerprint density at radius 1 is 1.40 bits per heavy atom. The van der Waals surface area contributed by atoms with E-state index in [1.807, 2.05) is 6.07 Å². The molecule has 1 heterocycles. The average molecular weight is 298 g/mol. The topological polar surface area (TPSA) is 39.1 Å². The molecule has 108 valence electrons. The SMILES string of the molecule is COCCNCc1ccnn1Cc1cc(F)ccc1Cl. The summed E-state index contributed by atoms with van der Waals surface area (Å²) in [7, 11) is 1.66. The molecule has 2 rings (SSSR count). The predicted octanol–water partition coefficient (Wildman–Crippen LogP) is 2.46. The van der Waals surface area contributed by atoms with Gasteiger partial charge >= 0.3 is 0 Å². The maximum absolute atomic E-state index is 13.2.